The molecule has 0 radical (unpaired) electrons. The van der Waals surface area contributed by atoms with Crippen LogP contribution in [0.25, 0.3) is 21.3 Å². The van der Waals surface area contributed by atoms with Gasteiger partial charge < -0.3 is 19.9 Å². The minimum absolute atomic E-state index is 0.165. The van der Waals surface area contributed by atoms with Gasteiger partial charge in [0.1, 0.15) is 5.75 Å². The number of hydrogen-bond donors (Lipinski definition) is 1. The Kier molecular flexibility index (Phi) is 7.90. The van der Waals surface area contributed by atoms with E-state index in [-0.39, 0.29) is 5.91 Å². The number of nitrogens with one attached hydrogen (secondary N) is 1. The molecule has 0 spiro atoms. The summed E-state index contributed by atoms with van der Waals surface area (Å²) in [5.74, 6) is 0.573. The number of carbonyl (C=O) groups excluding carboxylic acids is 1. The average molecular weight is 509 g/mol. The van der Waals surface area contributed by atoms with Gasteiger partial charge in [0, 0.05) is 37.0 Å². The van der Waals surface area contributed by atoms with Crippen molar-refractivity contribution >= 4 is 49.9 Å². The third-order valence-corrected chi connectivity index (χ3v) is 7.00. The van der Waals surface area contributed by atoms with E-state index in [9.17, 15) is 4.79 Å². The molecule has 0 bridgehead atoms. The highest BCUT2D eigenvalue weighted by Gasteiger charge is 2.12. The number of benzene rings is 3. The van der Waals surface area contributed by atoms with Crippen molar-refractivity contribution in [2.24, 2.45) is 0 Å². The predicted molar refractivity (Wildman–Crippen MR) is 147 cm³/mol. The fraction of sp³-hybridized carbons (Fsp3) is 0.259. The zero-order chi connectivity index (χ0) is 24.9. The van der Waals surface area contributed by atoms with Gasteiger partial charge >= 0.3 is 0 Å². The Morgan fingerprint density at radius 2 is 1.80 bits per heavy atom. The van der Waals surface area contributed by atoms with Crippen molar-refractivity contribution in [3.8, 4) is 16.9 Å². The number of thiazole rings is 1. The SMILES string of the molecule is CCOc1ccc(-c2ccc(C(=O)Nc3ccc4nc(N(C)CCN(C)C)sc4c3)cc2)c(Cl)c1. The van der Waals surface area contributed by atoms with Gasteiger partial charge in [-0.05, 0) is 75.1 Å². The molecule has 35 heavy (non-hydrogen) atoms. The summed E-state index contributed by atoms with van der Waals surface area (Å²) >= 11 is 8.06. The normalized spacial score (nSPS) is 11.1. The van der Waals surface area contributed by atoms with Gasteiger partial charge in [0.15, 0.2) is 5.13 Å². The standard InChI is InChI=1S/C27H29ClN4O2S/c1-5-34-21-11-12-22(23(28)17-21)18-6-8-19(9-7-18)26(33)29-20-10-13-24-25(16-20)35-27(30-24)32(4)15-14-31(2)3/h6-13,16-17H,5,14-15H2,1-4H3,(H,29,33). The van der Waals surface area contributed by atoms with Crippen molar-refractivity contribution in [3.05, 3.63) is 71.2 Å². The summed E-state index contributed by atoms with van der Waals surface area (Å²) in [7, 11) is 6.17. The van der Waals surface area contributed by atoms with Gasteiger partial charge in [-0.15, -0.1) is 0 Å². The first-order valence-corrected chi connectivity index (χ1v) is 12.6. The molecule has 0 saturated heterocycles. The van der Waals surface area contributed by atoms with Crippen molar-refractivity contribution in [1.82, 2.24) is 9.88 Å². The summed E-state index contributed by atoms with van der Waals surface area (Å²) in [5, 5.41) is 4.57. The number of nitrogens with zero attached hydrogens (tertiary/aromatic N) is 3. The number of rotatable bonds is 9. The minimum Gasteiger partial charge on any atom is -0.494 e. The van der Waals surface area contributed by atoms with E-state index in [1.54, 1.807) is 23.5 Å². The van der Waals surface area contributed by atoms with Gasteiger partial charge in [-0.25, -0.2) is 4.98 Å². The Hall–Kier alpha value is -3.13. The number of carbonyl (C=O) groups is 1. The molecule has 0 unspecified atom stereocenters. The summed E-state index contributed by atoms with van der Waals surface area (Å²) in [4.78, 5) is 21.9. The van der Waals surface area contributed by atoms with Gasteiger partial charge in [-0.1, -0.05) is 35.1 Å². The molecule has 1 N–H and O–H groups in total. The van der Waals surface area contributed by atoms with E-state index in [2.05, 4.69) is 29.2 Å². The van der Waals surface area contributed by atoms with Gasteiger partial charge in [0.05, 0.1) is 21.8 Å². The van der Waals surface area contributed by atoms with Crippen LogP contribution in [0.3, 0.4) is 0 Å². The topological polar surface area (TPSA) is 57.7 Å². The lowest BCUT2D eigenvalue weighted by Crippen LogP contribution is -2.28. The quantitative estimate of drug-likeness (QED) is 0.289. The third kappa shape index (κ3) is 6.11. The predicted octanol–water partition coefficient (Wildman–Crippen LogP) is 6.27. The van der Waals surface area contributed by atoms with Gasteiger partial charge in [-0.3, -0.25) is 4.79 Å². The van der Waals surface area contributed by atoms with E-state index in [0.717, 1.165) is 51.0 Å². The number of ether oxygens (including phenoxy) is 1. The maximum atomic E-state index is 12.9. The maximum Gasteiger partial charge on any atom is 0.255 e. The highest BCUT2D eigenvalue weighted by Crippen LogP contribution is 2.32. The van der Waals surface area contributed by atoms with Crippen LogP contribution in [0, 0.1) is 0 Å². The van der Waals surface area contributed by atoms with Crippen molar-refractivity contribution in [2.45, 2.75) is 6.92 Å². The van der Waals surface area contributed by atoms with Gasteiger partial charge in [0.2, 0.25) is 0 Å². The highest BCUT2D eigenvalue weighted by molar-refractivity contribution is 7.22. The van der Waals surface area contributed by atoms with Gasteiger partial charge in [-0.2, -0.15) is 0 Å². The van der Waals surface area contributed by atoms with Crippen LogP contribution in [0.1, 0.15) is 17.3 Å². The first-order chi connectivity index (χ1) is 16.8. The van der Waals surface area contributed by atoms with Crippen molar-refractivity contribution in [3.63, 3.8) is 0 Å². The molecule has 182 valence electrons. The van der Waals surface area contributed by atoms with Crippen LogP contribution in [0.4, 0.5) is 10.8 Å². The van der Waals surface area contributed by atoms with E-state index in [0.29, 0.717) is 17.2 Å². The number of likely N-dealkylation sites (N-methyl/N-ethyl adjacent to an activating group) is 2. The number of hydrogen-bond acceptors (Lipinski definition) is 6. The number of fused-ring (bicyclic) bond motifs is 1. The molecule has 8 heteroatoms. The van der Waals surface area contributed by atoms with E-state index in [1.807, 2.05) is 62.5 Å². The molecule has 0 aliphatic heterocycles. The lowest BCUT2D eigenvalue weighted by molar-refractivity contribution is 0.102. The fourth-order valence-corrected chi connectivity index (χ4v) is 4.86. The first kappa shape index (κ1) is 25.0. The van der Waals surface area contributed by atoms with E-state index >= 15 is 0 Å². The summed E-state index contributed by atoms with van der Waals surface area (Å²) in [6, 6.07) is 18.9. The second-order valence-corrected chi connectivity index (χ2v) is 9.93. The molecule has 1 heterocycles. The maximum absolute atomic E-state index is 12.9. The molecule has 0 atom stereocenters. The Morgan fingerprint density at radius 3 is 2.49 bits per heavy atom. The van der Waals surface area contributed by atoms with Crippen molar-refractivity contribution in [1.29, 1.82) is 0 Å². The lowest BCUT2D eigenvalue weighted by atomic mass is 10.0. The smallest absolute Gasteiger partial charge is 0.255 e. The summed E-state index contributed by atoms with van der Waals surface area (Å²) in [5.41, 5.74) is 4.07. The molecule has 3 aromatic carbocycles. The second kappa shape index (κ2) is 11.1. The number of aromatic nitrogens is 1. The number of amides is 1. The van der Waals surface area contributed by atoms with Crippen LogP contribution >= 0.6 is 22.9 Å². The Bertz CT molecular complexity index is 1320. The lowest BCUT2D eigenvalue weighted by Gasteiger charge is -2.18. The Balaban J connectivity index is 1.45. The summed E-state index contributed by atoms with van der Waals surface area (Å²) in [6.45, 7) is 4.38. The molecule has 6 nitrogen and oxygen atoms in total. The van der Waals surface area contributed by atoms with Crippen LogP contribution in [-0.2, 0) is 0 Å². The average Bonchev–Trinajstić information content (AvgIpc) is 3.26. The van der Waals surface area contributed by atoms with Crippen LogP contribution in [0.5, 0.6) is 5.75 Å². The van der Waals surface area contributed by atoms with Crippen LogP contribution in [-0.4, -0.2) is 56.6 Å². The molecular formula is C27H29ClN4O2S. The summed E-state index contributed by atoms with van der Waals surface area (Å²) in [6.07, 6.45) is 0. The largest absolute Gasteiger partial charge is 0.494 e. The molecule has 1 amide bonds. The number of anilines is 2. The Morgan fingerprint density at radius 1 is 1.03 bits per heavy atom. The Labute approximate surface area is 215 Å². The van der Waals surface area contributed by atoms with Gasteiger partial charge in [0.25, 0.3) is 5.91 Å². The van der Waals surface area contributed by atoms with Crippen molar-refractivity contribution in [2.75, 3.05) is 51.1 Å². The molecule has 1 aromatic heterocycles. The molecule has 4 rings (SSSR count). The van der Waals surface area contributed by atoms with E-state index in [1.165, 1.54) is 0 Å². The van der Waals surface area contributed by atoms with Crippen LogP contribution in [0.15, 0.2) is 60.7 Å². The number of halogens is 1. The fourth-order valence-electron chi connectivity index (χ4n) is 3.59. The first-order valence-electron chi connectivity index (χ1n) is 11.4. The van der Waals surface area contributed by atoms with E-state index < -0.39 is 0 Å². The van der Waals surface area contributed by atoms with Crippen LogP contribution in [0.2, 0.25) is 5.02 Å². The van der Waals surface area contributed by atoms with Crippen molar-refractivity contribution < 1.29 is 9.53 Å². The molecule has 0 fully saturated rings. The third-order valence-electron chi connectivity index (χ3n) is 5.55. The molecule has 4 aromatic rings. The molecular weight excluding hydrogens is 480 g/mol. The zero-order valence-electron chi connectivity index (χ0n) is 20.3. The minimum atomic E-state index is -0.165. The zero-order valence-corrected chi connectivity index (χ0v) is 21.9. The molecule has 0 aliphatic carbocycles. The molecule has 0 saturated carbocycles. The highest BCUT2D eigenvalue weighted by atomic mass is 35.5. The second-order valence-electron chi connectivity index (χ2n) is 8.51. The van der Waals surface area contributed by atoms with Crippen LogP contribution < -0.4 is 15.0 Å². The van der Waals surface area contributed by atoms with E-state index in [4.69, 9.17) is 21.3 Å². The molecule has 0 aliphatic rings. The summed E-state index contributed by atoms with van der Waals surface area (Å²) < 4.78 is 6.54. The monoisotopic (exact) mass is 508 g/mol.